The topological polar surface area (TPSA) is 110 Å². The molecule has 2 aliphatic rings. The van der Waals surface area contributed by atoms with E-state index in [-0.39, 0.29) is 35.8 Å². The fourth-order valence-corrected chi connectivity index (χ4v) is 4.89. The van der Waals surface area contributed by atoms with Crippen LogP contribution in [0.5, 0.6) is 11.5 Å². The van der Waals surface area contributed by atoms with Crippen LogP contribution < -0.4 is 15.4 Å². The van der Waals surface area contributed by atoms with Gasteiger partial charge >= 0.3 is 12.0 Å². The van der Waals surface area contributed by atoms with E-state index in [0.29, 0.717) is 46.0 Å². The number of pyridine rings is 1. The van der Waals surface area contributed by atoms with Crippen molar-refractivity contribution >= 4 is 45.1 Å². The standard InChI is InChI=1S/C24H23FN4O5S/c1-13(30)33-16-7-9-29(12-16)23(31)21-11-18-22(35-21)20(6-8-26-18)34-19-5-4-15(10-17(19)25)28-24(32)27-14-2-3-14/h4-6,8,10-11,14,16H,2-3,7,9,12H2,1H3,(H2,27,28,32)/t16-/m0/s1. The summed E-state index contributed by atoms with van der Waals surface area (Å²) in [5.41, 5.74) is 0.872. The van der Waals surface area contributed by atoms with Crippen LogP contribution in [-0.2, 0) is 9.53 Å². The molecular formula is C24H23FN4O5S. The lowest BCUT2D eigenvalue weighted by Gasteiger charge is -2.15. The molecule has 5 rings (SSSR count). The van der Waals surface area contributed by atoms with Gasteiger partial charge in [0, 0.05) is 49.9 Å². The molecule has 1 atom stereocenters. The zero-order valence-corrected chi connectivity index (χ0v) is 19.7. The first-order valence-corrected chi connectivity index (χ1v) is 12.1. The van der Waals surface area contributed by atoms with E-state index in [1.807, 2.05) is 0 Å². The number of rotatable bonds is 6. The number of thiophene rings is 1. The average Bonchev–Trinajstić information content (AvgIpc) is 3.31. The van der Waals surface area contributed by atoms with Gasteiger partial charge in [-0.2, -0.15) is 0 Å². The summed E-state index contributed by atoms with van der Waals surface area (Å²) in [6, 6.07) is 7.29. The molecule has 1 aromatic carbocycles. The Morgan fingerprint density at radius 3 is 2.71 bits per heavy atom. The monoisotopic (exact) mass is 498 g/mol. The number of aromatic nitrogens is 1. The number of fused-ring (bicyclic) bond motifs is 1. The molecule has 0 bridgehead atoms. The number of nitrogens with one attached hydrogen (secondary N) is 2. The average molecular weight is 499 g/mol. The van der Waals surface area contributed by atoms with E-state index in [9.17, 15) is 18.8 Å². The van der Waals surface area contributed by atoms with Gasteiger partial charge in [-0.3, -0.25) is 14.6 Å². The minimum Gasteiger partial charge on any atom is -0.461 e. The number of ether oxygens (including phenoxy) is 2. The molecule has 35 heavy (non-hydrogen) atoms. The Kier molecular flexibility index (Phi) is 6.25. The second-order valence-electron chi connectivity index (χ2n) is 8.53. The number of carbonyl (C=O) groups excluding carboxylic acids is 3. The molecule has 2 aromatic heterocycles. The Morgan fingerprint density at radius 2 is 1.97 bits per heavy atom. The van der Waals surface area contributed by atoms with E-state index in [0.717, 1.165) is 12.8 Å². The highest BCUT2D eigenvalue weighted by atomic mass is 32.1. The van der Waals surface area contributed by atoms with E-state index in [4.69, 9.17) is 9.47 Å². The van der Waals surface area contributed by atoms with Gasteiger partial charge < -0.3 is 25.0 Å². The molecule has 0 unspecified atom stereocenters. The van der Waals surface area contributed by atoms with Crippen LogP contribution in [0.25, 0.3) is 10.2 Å². The van der Waals surface area contributed by atoms with Crippen molar-refractivity contribution in [1.82, 2.24) is 15.2 Å². The smallest absolute Gasteiger partial charge is 0.319 e. The molecule has 0 radical (unpaired) electrons. The normalized spacial score (nSPS) is 17.3. The first-order chi connectivity index (χ1) is 16.9. The van der Waals surface area contributed by atoms with Gasteiger partial charge in [-0.05, 0) is 31.0 Å². The lowest BCUT2D eigenvalue weighted by molar-refractivity contribution is -0.145. The van der Waals surface area contributed by atoms with Gasteiger partial charge in [0.2, 0.25) is 0 Å². The highest BCUT2D eigenvalue weighted by Crippen LogP contribution is 2.37. The van der Waals surface area contributed by atoms with Crippen LogP contribution in [0.4, 0.5) is 14.9 Å². The van der Waals surface area contributed by atoms with E-state index in [1.54, 1.807) is 23.1 Å². The van der Waals surface area contributed by atoms with Crippen molar-refractivity contribution < 1.29 is 28.2 Å². The third-order valence-electron chi connectivity index (χ3n) is 5.67. The van der Waals surface area contributed by atoms with Crippen LogP contribution in [0, 0.1) is 5.82 Å². The van der Waals surface area contributed by atoms with Crippen molar-refractivity contribution in [2.75, 3.05) is 18.4 Å². The number of nitrogens with zero attached hydrogens (tertiary/aromatic N) is 2. The number of halogens is 1. The van der Waals surface area contributed by atoms with Crippen molar-refractivity contribution in [3.05, 3.63) is 47.2 Å². The highest BCUT2D eigenvalue weighted by molar-refractivity contribution is 7.21. The van der Waals surface area contributed by atoms with E-state index < -0.39 is 5.82 Å². The second kappa shape index (κ2) is 9.49. The van der Waals surface area contributed by atoms with Gasteiger partial charge in [0.25, 0.3) is 5.91 Å². The summed E-state index contributed by atoms with van der Waals surface area (Å²) in [5.74, 6) is -0.838. The summed E-state index contributed by atoms with van der Waals surface area (Å²) < 4.78 is 26.4. The van der Waals surface area contributed by atoms with Crippen LogP contribution in [0.1, 0.15) is 35.9 Å². The summed E-state index contributed by atoms with van der Waals surface area (Å²) in [5, 5.41) is 5.38. The molecular weight excluding hydrogens is 475 g/mol. The summed E-state index contributed by atoms with van der Waals surface area (Å²) in [6.45, 7) is 2.18. The molecule has 182 valence electrons. The maximum absolute atomic E-state index is 14.7. The number of likely N-dealkylation sites (tertiary alicyclic amines) is 1. The van der Waals surface area contributed by atoms with Crippen molar-refractivity contribution in [1.29, 1.82) is 0 Å². The number of esters is 1. The predicted molar refractivity (Wildman–Crippen MR) is 127 cm³/mol. The Bertz CT molecular complexity index is 1310. The van der Waals surface area contributed by atoms with Crippen LogP contribution >= 0.6 is 11.3 Å². The highest BCUT2D eigenvalue weighted by Gasteiger charge is 2.30. The zero-order valence-electron chi connectivity index (χ0n) is 18.9. The fourth-order valence-electron chi connectivity index (χ4n) is 3.86. The summed E-state index contributed by atoms with van der Waals surface area (Å²) in [6.07, 6.45) is 3.73. The van der Waals surface area contributed by atoms with E-state index in [2.05, 4.69) is 15.6 Å². The van der Waals surface area contributed by atoms with Gasteiger partial charge in [-0.25, -0.2) is 9.18 Å². The van der Waals surface area contributed by atoms with Gasteiger partial charge in [-0.1, -0.05) is 0 Å². The summed E-state index contributed by atoms with van der Waals surface area (Å²) in [4.78, 5) is 42.5. The predicted octanol–water partition coefficient (Wildman–Crippen LogP) is 4.29. The Hall–Kier alpha value is -3.73. The Labute approximate surface area is 204 Å². The maximum Gasteiger partial charge on any atom is 0.319 e. The fraction of sp³-hybridized carbons (Fsp3) is 0.333. The minimum absolute atomic E-state index is 0.0179. The zero-order chi connectivity index (χ0) is 24.5. The first kappa shape index (κ1) is 23.0. The lowest BCUT2D eigenvalue weighted by atomic mass is 10.3. The molecule has 0 spiro atoms. The molecule has 1 aliphatic heterocycles. The van der Waals surface area contributed by atoms with Gasteiger partial charge in [0.15, 0.2) is 11.6 Å². The van der Waals surface area contributed by atoms with Gasteiger partial charge in [-0.15, -0.1) is 11.3 Å². The number of hydrogen-bond donors (Lipinski definition) is 2. The number of benzene rings is 1. The molecule has 2 N–H and O–H groups in total. The third kappa shape index (κ3) is 5.35. The molecule has 2 fully saturated rings. The Morgan fingerprint density at radius 1 is 1.14 bits per heavy atom. The summed E-state index contributed by atoms with van der Waals surface area (Å²) >= 11 is 1.21. The lowest BCUT2D eigenvalue weighted by Crippen LogP contribution is -2.30. The van der Waals surface area contributed by atoms with Crippen molar-refractivity contribution in [3.8, 4) is 11.5 Å². The van der Waals surface area contributed by atoms with Crippen LogP contribution in [0.2, 0.25) is 0 Å². The van der Waals surface area contributed by atoms with Crippen LogP contribution in [0.3, 0.4) is 0 Å². The third-order valence-corrected chi connectivity index (χ3v) is 6.80. The summed E-state index contributed by atoms with van der Waals surface area (Å²) in [7, 11) is 0. The number of urea groups is 1. The quantitative estimate of drug-likeness (QED) is 0.491. The molecule has 3 heterocycles. The van der Waals surface area contributed by atoms with E-state index in [1.165, 1.54) is 36.6 Å². The van der Waals surface area contributed by atoms with Gasteiger partial charge in [0.1, 0.15) is 11.9 Å². The van der Waals surface area contributed by atoms with Crippen molar-refractivity contribution in [2.24, 2.45) is 0 Å². The molecule has 9 nitrogen and oxygen atoms in total. The van der Waals surface area contributed by atoms with Crippen molar-refractivity contribution in [2.45, 2.75) is 38.3 Å². The second-order valence-corrected chi connectivity index (χ2v) is 9.58. The van der Waals surface area contributed by atoms with Gasteiger partial charge in [0.05, 0.1) is 21.6 Å². The molecule has 1 saturated carbocycles. The van der Waals surface area contributed by atoms with Crippen LogP contribution in [0.15, 0.2) is 36.5 Å². The van der Waals surface area contributed by atoms with E-state index >= 15 is 0 Å². The number of carbonyl (C=O) groups is 3. The van der Waals surface area contributed by atoms with Crippen LogP contribution in [-0.4, -0.2) is 53.0 Å². The number of hydrogen-bond acceptors (Lipinski definition) is 7. The maximum atomic E-state index is 14.7. The minimum atomic E-state index is -0.638. The number of amides is 3. The largest absolute Gasteiger partial charge is 0.461 e. The number of anilines is 1. The molecule has 1 saturated heterocycles. The molecule has 3 amide bonds. The Balaban J connectivity index is 1.30. The molecule has 3 aromatic rings. The first-order valence-electron chi connectivity index (χ1n) is 11.3. The SMILES string of the molecule is CC(=O)O[C@H]1CCN(C(=O)c2cc3nccc(Oc4ccc(NC(=O)NC5CC5)cc4F)c3s2)C1. The molecule has 1 aliphatic carbocycles. The van der Waals surface area contributed by atoms with Crippen molar-refractivity contribution in [3.63, 3.8) is 0 Å². The molecule has 11 heteroatoms.